The van der Waals surface area contributed by atoms with Gasteiger partial charge in [0.1, 0.15) is 24.0 Å². The van der Waals surface area contributed by atoms with Crippen molar-refractivity contribution in [2.45, 2.75) is 6.61 Å². The normalized spacial score (nSPS) is 11.0. The first-order valence-electron chi connectivity index (χ1n) is 7.37. The molecule has 0 amide bonds. The minimum atomic E-state index is -0.973. The predicted molar refractivity (Wildman–Crippen MR) is 94.8 cm³/mol. The van der Waals surface area contributed by atoms with Crippen molar-refractivity contribution in [3.63, 3.8) is 0 Å². The molecule has 0 radical (unpaired) electrons. The molecular formula is C17H13F3N4OS. The third-order valence-corrected chi connectivity index (χ3v) is 4.00. The predicted octanol–water partition coefficient (Wildman–Crippen LogP) is 4.17. The number of nitrogens with one attached hydrogen (secondary N) is 1. The van der Waals surface area contributed by atoms with Crippen LogP contribution in [0.3, 0.4) is 0 Å². The van der Waals surface area contributed by atoms with Crippen molar-refractivity contribution in [1.82, 2.24) is 4.98 Å². The summed E-state index contributed by atoms with van der Waals surface area (Å²) in [5.41, 5.74) is 9.11. The fraction of sp³-hybridized carbons (Fsp3) is 0.0588. The third kappa shape index (κ3) is 4.51. The van der Waals surface area contributed by atoms with Gasteiger partial charge in [-0.1, -0.05) is 6.07 Å². The lowest BCUT2D eigenvalue weighted by Gasteiger charge is -2.09. The van der Waals surface area contributed by atoms with Gasteiger partial charge in [0.25, 0.3) is 0 Å². The Balaban J connectivity index is 1.71. The second-order valence-electron chi connectivity index (χ2n) is 5.17. The maximum absolute atomic E-state index is 13.5. The fourth-order valence-electron chi connectivity index (χ4n) is 2.02. The van der Waals surface area contributed by atoms with Gasteiger partial charge in [0.05, 0.1) is 6.21 Å². The van der Waals surface area contributed by atoms with Crippen LogP contribution in [0.15, 0.2) is 46.9 Å². The second kappa shape index (κ2) is 7.87. The summed E-state index contributed by atoms with van der Waals surface area (Å²) in [7, 11) is 0. The topological polar surface area (TPSA) is 72.5 Å². The van der Waals surface area contributed by atoms with Crippen LogP contribution in [-0.2, 0) is 6.61 Å². The Hall–Kier alpha value is -3.07. The molecule has 0 fully saturated rings. The SMILES string of the molecule is Nc1csc(NN=Cc2ccc(F)cc2OCc2ccc(F)c(F)c2)n1. The van der Waals surface area contributed by atoms with Gasteiger partial charge in [-0.2, -0.15) is 5.10 Å². The van der Waals surface area contributed by atoms with Crippen molar-refractivity contribution >= 4 is 28.5 Å². The number of nitrogen functional groups attached to an aromatic ring is 1. The Bertz CT molecular complexity index is 946. The minimum absolute atomic E-state index is 0.0576. The standard InChI is InChI=1S/C17H13F3N4OS/c18-12-3-2-11(7-22-24-17-23-16(21)9-26-17)15(6-12)25-8-10-1-4-13(19)14(20)5-10/h1-7,9H,8,21H2,(H,23,24). The lowest BCUT2D eigenvalue weighted by molar-refractivity contribution is 0.303. The van der Waals surface area contributed by atoms with E-state index in [0.717, 1.165) is 12.1 Å². The van der Waals surface area contributed by atoms with Crippen molar-refractivity contribution in [2.75, 3.05) is 11.2 Å². The van der Waals surface area contributed by atoms with Crippen LogP contribution in [0.5, 0.6) is 5.75 Å². The van der Waals surface area contributed by atoms with Crippen LogP contribution in [0.4, 0.5) is 24.1 Å². The fourth-order valence-corrected chi connectivity index (χ4v) is 2.57. The van der Waals surface area contributed by atoms with Gasteiger partial charge in [0, 0.05) is 17.0 Å². The number of halogens is 3. The number of hydrogen-bond donors (Lipinski definition) is 2. The molecule has 0 aliphatic carbocycles. The molecule has 0 aliphatic heterocycles. The number of nitrogens with two attached hydrogens (primary N) is 1. The zero-order valence-electron chi connectivity index (χ0n) is 13.2. The average molecular weight is 378 g/mol. The number of aromatic nitrogens is 1. The highest BCUT2D eigenvalue weighted by molar-refractivity contribution is 7.14. The zero-order valence-corrected chi connectivity index (χ0v) is 14.1. The Kier molecular flexibility index (Phi) is 5.37. The molecule has 0 spiro atoms. The number of benzene rings is 2. The van der Waals surface area contributed by atoms with Gasteiger partial charge in [0.15, 0.2) is 11.6 Å². The Morgan fingerprint density at radius 3 is 2.73 bits per heavy atom. The van der Waals surface area contributed by atoms with E-state index in [1.807, 2.05) is 0 Å². The van der Waals surface area contributed by atoms with Gasteiger partial charge in [-0.3, -0.25) is 5.43 Å². The maximum atomic E-state index is 13.5. The summed E-state index contributed by atoms with van der Waals surface area (Å²) in [6, 6.07) is 7.34. The van der Waals surface area contributed by atoms with E-state index in [0.29, 0.717) is 22.1 Å². The number of thiazole rings is 1. The molecule has 9 heteroatoms. The molecule has 0 saturated carbocycles. The van der Waals surface area contributed by atoms with E-state index in [4.69, 9.17) is 10.5 Å². The van der Waals surface area contributed by atoms with E-state index >= 15 is 0 Å². The van der Waals surface area contributed by atoms with Crippen LogP contribution in [0, 0.1) is 17.5 Å². The van der Waals surface area contributed by atoms with Crippen LogP contribution in [0.25, 0.3) is 0 Å². The highest BCUT2D eigenvalue weighted by atomic mass is 32.1. The number of rotatable bonds is 6. The van der Waals surface area contributed by atoms with Crippen molar-refractivity contribution in [3.8, 4) is 5.75 Å². The summed E-state index contributed by atoms with van der Waals surface area (Å²) in [4.78, 5) is 3.98. The summed E-state index contributed by atoms with van der Waals surface area (Å²) in [6.07, 6.45) is 1.43. The number of hydrogen-bond acceptors (Lipinski definition) is 6. The summed E-state index contributed by atoms with van der Waals surface area (Å²) in [5, 5.41) is 6.17. The first kappa shape index (κ1) is 17.7. The smallest absolute Gasteiger partial charge is 0.205 e. The average Bonchev–Trinajstić information content (AvgIpc) is 3.03. The molecule has 134 valence electrons. The molecule has 26 heavy (non-hydrogen) atoms. The van der Waals surface area contributed by atoms with Gasteiger partial charge >= 0.3 is 0 Å². The first-order chi connectivity index (χ1) is 12.5. The molecule has 3 N–H and O–H groups in total. The van der Waals surface area contributed by atoms with Crippen LogP contribution in [0.1, 0.15) is 11.1 Å². The van der Waals surface area contributed by atoms with Crippen molar-refractivity contribution in [3.05, 3.63) is 70.4 Å². The van der Waals surface area contributed by atoms with Crippen molar-refractivity contribution < 1.29 is 17.9 Å². The van der Waals surface area contributed by atoms with Crippen LogP contribution >= 0.6 is 11.3 Å². The van der Waals surface area contributed by atoms with E-state index in [2.05, 4.69) is 15.5 Å². The largest absolute Gasteiger partial charge is 0.488 e. The van der Waals surface area contributed by atoms with E-state index in [9.17, 15) is 13.2 Å². The lowest BCUT2D eigenvalue weighted by Crippen LogP contribution is -2.01. The van der Waals surface area contributed by atoms with E-state index < -0.39 is 17.5 Å². The Labute approximate surface area is 151 Å². The van der Waals surface area contributed by atoms with Crippen molar-refractivity contribution in [2.24, 2.45) is 5.10 Å². The first-order valence-corrected chi connectivity index (χ1v) is 8.25. The van der Waals surface area contributed by atoms with E-state index in [1.54, 1.807) is 5.38 Å². The Morgan fingerprint density at radius 2 is 2.00 bits per heavy atom. The molecule has 3 aromatic rings. The summed E-state index contributed by atoms with van der Waals surface area (Å²) >= 11 is 1.28. The Morgan fingerprint density at radius 1 is 1.15 bits per heavy atom. The van der Waals surface area contributed by atoms with Crippen LogP contribution in [0.2, 0.25) is 0 Å². The molecule has 3 rings (SSSR count). The summed E-state index contributed by atoms with van der Waals surface area (Å²) in [5.74, 6) is -1.83. The second-order valence-corrected chi connectivity index (χ2v) is 6.02. The quantitative estimate of drug-likeness (QED) is 0.499. The molecular weight excluding hydrogens is 365 g/mol. The highest BCUT2D eigenvalue weighted by Crippen LogP contribution is 2.21. The van der Waals surface area contributed by atoms with Crippen molar-refractivity contribution in [1.29, 1.82) is 0 Å². The van der Waals surface area contributed by atoms with Gasteiger partial charge in [-0.05, 0) is 29.8 Å². The van der Waals surface area contributed by atoms with E-state index in [1.165, 1.54) is 41.8 Å². The molecule has 2 aromatic carbocycles. The highest BCUT2D eigenvalue weighted by Gasteiger charge is 2.07. The maximum Gasteiger partial charge on any atom is 0.205 e. The number of anilines is 2. The molecule has 0 atom stereocenters. The van der Waals surface area contributed by atoms with Crippen LogP contribution < -0.4 is 15.9 Å². The summed E-state index contributed by atoms with van der Waals surface area (Å²) < 4.78 is 45.2. The van der Waals surface area contributed by atoms with Crippen LogP contribution in [-0.4, -0.2) is 11.2 Å². The molecule has 0 aliphatic rings. The summed E-state index contributed by atoms with van der Waals surface area (Å²) in [6.45, 7) is -0.0576. The van der Waals surface area contributed by atoms with Gasteiger partial charge in [0.2, 0.25) is 5.13 Å². The number of hydrazone groups is 1. The third-order valence-electron chi connectivity index (χ3n) is 3.24. The molecule has 5 nitrogen and oxygen atoms in total. The number of ether oxygens (including phenoxy) is 1. The minimum Gasteiger partial charge on any atom is -0.488 e. The molecule has 0 saturated heterocycles. The molecule has 0 bridgehead atoms. The van der Waals surface area contributed by atoms with Gasteiger partial charge < -0.3 is 10.5 Å². The molecule has 0 unspecified atom stereocenters. The molecule has 1 aromatic heterocycles. The van der Waals surface area contributed by atoms with Gasteiger partial charge in [-0.25, -0.2) is 18.2 Å². The van der Waals surface area contributed by atoms with Gasteiger partial charge in [-0.15, -0.1) is 11.3 Å². The lowest BCUT2D eigenvalue weighted by atomic mass is 10.2. The van der Waals surface area contributed by atoms with E-state index in [-0.39, 0.29) is 12.4 Å². The zero-order chi connectivity index (χ0) is 18.5. The molecule has 1 heterocycles. The monoisotopic (exact) mass is 378 g/mol. The number of nitrogens with zero attached hydrogens (tertiary/aromatic N) is 2.